The number of rotatable bonds is 6. The first kappa shape index (κ1) is 18.1. The Morgan fingerprint density at radius 1 is 1.15 bits per heavy atom. The molecule has 0 amide bonds. The Morgan fingerprint density at radius 2 is 1.92 bits per heavy atom. The van der Waals surface area contributed by atoms with E-state index in [0.717, 1.165) is 29.2 Å². The minimum Gasteiger partial charge on any atom is -0.271 e. The lowest BCUT2D eigenvalue weighted by atomic mass is 10.2. The summed E-state index contributed by atoms with van der Waals surface area (Å²) in [6.45, 7) is 5.67. The number of benzene rings is 2. The molecule has 0 saturated carbocycles. The summed E-state index contributed by atoms with van der Waals surface area (Å²) in [6.07, 6.45) is 0. The van der Waals surface area contributed by atoms with Crippen LogP contribution in [0.15, 0.2) is 54.6 Å². The molecule has 0 atom stereocenters. The minimum absolute atomic E-state index is 0.344. The summed E-state index contributed by atoms with van der Waals surface area (Å²) in [7, 11) is 0. The maximum Gasteiger partial charge on any atom is 0.204 e. The van der Waals surface area contributed by atoms with Crippen LogP contribution in [0.3, 0.4) is 0 Å². The van der Waals surface area contributed by atoms with E-state index in [1.807, 2.05) is 58.9 Å². The molecule has 5 nitrogen and oxygen atoms in total. The molecule has 1 heterocycles. The van der Waals surface area contributed by atoms with E-state index in [0.29, 0.717) is 18.0 Å². The quantitative estimate of drug-likeness (QED) is 0.487. The first-order valence-electron chi connectivity index (χ1n) is 8.55. The zero-order chi connectivity index (χ0) is 18.5. The summed E-state index contributed by atoms with van der Waals surface area (Å²) in [4.78, 5) is 2.00. The molecule has 0 unspecified atom stereocenters. The molecule has 0 N–H and O–H groups in total. The number of aromatic nitrogens is 3. The molecule has 0 aliphatic rings. The molecule has 0 saturated heterocycles. The third-order valence-corrected chi connectivity index (χ3v) is 4.60. The molecule has 0 radical (unpaired) electrons. The molecule has 0 aliphatic carbocycles. The van der Waals surface area contributed by atoms with Crippen LogP contribution in [0.2, 0.25) is 0 Å². The number of nitrogens with zero attached hydrogens (tertiary/aromatic N) is 5. The van der Waals surface area contributed by atoms with Gasteiger partial charge >= 0.3 is 0 Å². The molecule has 3 rings (SSSR count). The van der Waals surface area contributed by atoms with Gasteiger partial charge in [-0.1, -0.05) is 49.4 Å². The average molecular weight is 363 g/mol. The normalized spacial score (nSPS) is 10.8. The molecule has 0 aliphatic heterocycles. The van der Waals surface area contributed by atoms with E-state index in [9.17, 15) is 0 Å². The van der Waals surface area contributed by atoms with Gasteiger partial charge in [-0.2, -0.15) is 5.26 Å². The largest absolute Gasteiger partial charge is 0.271 e. The van der Waals surface area contributed by atoms with Crippen molar-refractivity contribution in [1.29, 1.82) is 5.26 Å². The third-order valence-electron chi connectivity index (χ3n) is 4.21. The number of aryl methyl sites for hydroxylation is 1. The number of hydrogen-bond acceptors (Lipinski definition) is 4. The van der Waals surface area contributed by atoms with Crippen molar-refractivity contribution in [2.45, 2.75) is 20.5 Å². The molecule has 6 heteroatoms. The highest BCUT2D eigenvalue weighted by molar-refractivity contribution is 7.71. The lowest BCUT2D eigenvalue weighted by Crippen LogP contribution is -2.27. The van der Waals surface area contributed by atoms with Gasteiger partial charge in [0.1, 0.15) is 0 Å². The fourth-order valence-electron chi connectivity index (χ4n) is 2.83. The zero-order valence-corrected chi connectivity index (χ0v) is 15.8. The second-order valence-electron chi connectivity index (χ2n) is 6.09. The monoisotopic (exact) mass is 363 g/mol. The second kappa shape index (κ2) is 8.09. The zero-order valence-electron chi connectivity index (χ0n) is 15.0. The van der Waals surface area contributed by atoms with Crippen LogP contribution in [-0.2, 0) is 6.67 Å². The van der Waals surface area contributed by atoms with Gasteiger partial charge in [0.25, 0.3) is 0 Å². The standard InChI is InChI=1S/C20H21N5S/c1-3-23(13-12-21)15-24-20(26)25(18-11-7-8-16(2)14-18)19(22-24)17-9-5-4-6-10-17/h4-11,14H,3,13,15H2,1-2H3. The van der Waals surface area contributed by atoms with Gasteiger partial charge in [-0.3, -0.25) is 9.47 Å². The topological polar surface area (TPSA) is 49.8 Å². The summed E-state index contributed by atoms with van der Waals surface area (Å²) >= 11 is 5.74. The molecule has 1 aromatic heterocycles. The van der Waals surface area contributed by atoms with Crippen LogP contribution in [0.1, 0.15) is 12.5 Å². The Kier molecular flexibility index (Phi) is 5.61. The van der Waals surface area contributed by atoms with Crippen molar-refractivity contribution in [3.63, 3.8) is 0 Å². The van der Waals surface area contributed by atoms with Gasteiger partial charge in [0.2, 0.25) is 4.77 Å². The summed E-state index contributed by atoms with van der Waals surface area (Å²) < 4.78 is 4.41. The van der Waals surface area contributed by atoms with Crippen molar-refractivity contribution in [3.8, 4) is 23.1 Å². The average Bonchev–Trinajstić information content (AvgIpc) is 2.98. The van der Waals surface area contributed by atoms with Crippen LogP contribution in [-0.4, -0.2) is 32.3 Å². The van der Waals surface area contributed by atoms with Gasteiger partial charge in [-0.05, 0) is 43.4 Å². The van der Waals surface area contributed by atoms with Crippen molar-refractivity contribution < 1.29 is 0 Å². The van der Waals surface area contributed by atoms with E-state index in [1.165, 1.54) is 0 Å². The molecular formula is C20H21N5S. The predicted molar refractivity (Wildman–Crippen MR) is 105 cm³/mol. The smallest absolute Gasteiger partial charge is 0.204 e. The summed E-state index contributed by atoms with van der Waals surface area (Å²) in [5.74, 6) is 0.800. The Bertz CT molecular complexity index is 981. The van der Waals surface area contributed by atoms with Crippen LogP contribution in [0.5, 0.6) is 0 Å². The first-order valence-corrected chi connectivity index (χ1v) is 8.96. The fraction of sp³-hybridized carbons (Fsp3) is 0.250. The molecule has 2 aromatic carbocycles. The van der Waals surface area contributed by atoms with Crippen molar-refractivity contribution in [2.24, 2.45) is 0 Å². The van der Waals surface area contributed by atoms with Crippen LogP contribution in [0.4, 0.5) is 0 Å². The van der Waals surface area contributed by atoms with E-state index in [-0.39, 0.29) is 0 Å². The maximum absolute atomic E-state index is 9.01. The van der Waals surface area contributed by atoms with Crippen LogP contribution < -0.4 is 0 Å². The van der Waals surface area contributed by atoms with E-state index in [2.05, 4.69) is 25.1 Å². The highest BCUT2D eigenvalue weighted by Gasteiger charge is 2.16. The van der Waals surface area contributed by atoms with Crippen molar-refractivity contribution in [2.75, 3.05) is 13.1 Å². The Morgan fingerprint density at radius 3 is 2.58 bits per heavy atom. The molecule has 0 spiro atoms. The van der Waals surface area contributed by atoms with Crippen LogP contribution >= 0.6 is 12.2 Å². The molecule has 0 fully saturated rings. The predicted octanol–water partition coefficient (Wildman–Crippen LogP) is 4.18. The van der Waals surface area contributed by atoms with Crippen molar-refractivity contribution in [1.82, 2.24) is 19.2 Å². The fourth-order valence-corrected chi connectivity index (χ4v) is 3.12. The highest BCUT2D eigenvalue weighted by atomic mass is 32.1. The minimum atomic E-state index is 0.344. The summed E-state index contributed by atoms with van der Waals surface area (Å²) in [5, 5.41) is 13.8. The van der Waals surface area contributed by atoms with E-state index in [4.69, 9.17) is 22.6 Å². The van der Waals surface area contributed by atoms with Gasteiger partial charge in [-0.25, -0.2) is 4.68 Å². The lowest BCUT2D eigenvalue weighted by molar-refractivity contribution is 0.241. The molecule has 3 aromatic rings. The van der Waals surface area contributed by atoms with Crippen LogP contribution in [0, 0.1) is 23.0 Å². The number of nitriles is 1. The second-order valence-corrected chi connectivity index (χ2v) is 6.46. The van der Waals surface area contributed by atoms with E-state index in [1.54, 1.807) is 4.68 Å². The molecule has 0 bridgehead atoms. The molecular weight excluding hydrogens is 342 g/mol. The Balaban J connectivity index is 2.15. The van der Waals surface area contributed by atoms with Gasteiger partial charge < -0.3 is 0 Å². The Labute approximate surface area is 158 Å². The van der Waals surface area contributed by atoms with Crippen molar-refractivity contribution in [3.05, 3.63) is 64.9 Å². The van der Waals surface area contributed by atoms with Crippen LogP contribution in [0.25, 0.3) is 17.1 Å². The molecule has 26 heavy (non-hydrogen) atoms. The molecule has 132 valence electrons. The number of hydrogen-bond donors (Lipinski definition) is 0. The van der Waals surface area contributed by atoms with Gasteiger partial charge in [0.05, 0.1) is 25.0 Å². The highest BCUT2D eigenvalue weighted by Crippen LogP contribution is 2.23. The van der Waals surface area contributed by atoms with E-state index < -0.39 is 0 Å². The SMILES string of the molecule is CCN(CC#N)Cn1nc(-c2ccccc2)n(-c2cccc(C)c2)c1=S. The lowest BCUT2D eigenvalue weighted by Gasteiger charge is -2.15. The van der Waals surface area contributed by atoms with E-state index >= 15 is 0 Å². The first-order chi connectivity index (χ1) is 12.6. The third kappa shape index (κ3) is 3.74. The maximum atomic E-state index is 9.01. The summed E-state index contributed by atoms with van der Waals surface area (Å²) in [6, 6.07) is 20.4. The Hall–Kier alpha value is -2.75. The van der Waals surface area contributed by atoms with Gasteiger partial charge in [0.15, 0.2) is 5.82 Å². The van der Waals surface area contributed by atoms with Gasteiger partial charge in [0, 0.05) is 5.56 Å². The summed E-state index contributed by atoms with van der Waals surface area (Å²) in [5.41, 5.74) is 3.15. The van der Waals surface area contributed by atoms with Gasteiger partial charge in [-0.15, -0.1) is 5.10 Å². The van der Waals surface area contributed by atoms with Crippen molar-refractivity contribution >= 4 is 12.2 Å².